The van der Waals surface area contributed by atoms with Crippen molar-refractivity contribution in [3.63, 3.8) is 0 Å². The van der Waals surface area contributed by atoms with Gasteiger partial charge in [-0.1, -0.05) is 26.8 Å². The van der Waals surface area contributed by atoms with Crippen LogP contribution >= 0.6 is 11.8 Å². The summed E-state index contributed by atoms with van der Waals surface area (Å²) in [6.45, 7) is 15.0. The number of hydrazine groups is 1. The Labute approximate surface area is 330 Å². The number of likely N-dealkylation sites (N-methyl/N-ethyl adjacent to an activating group) is 1. The molecule has 1 radical (unpaired) electrons. The van der Waals surface area contributed by atoms with Gasteiger partial charge in [0.15, 0.2) is 0 Å². The predicted octanol–water partition coefficient (Wildman–Crippen LogP) is 5.02. The molecule has 2 fully saturated rings. The molecule has 15 heteroatoms. The summed E-state index contributed by atoms with van der Waals surface area (Å²) in [4.78, 5) is 49.9. The SMILES string of the molecule is CCn1c2c3c4cc(ccc41)/C(N)=C/SC(C)C[C@H](NC(C)=O)C(=O)N1CCC[Si](N1)C(=O)OCC(C)(C)C3[C@H](OC)c1ncc(N3CCN(C)CC3)cc1-2. The average molecular weight is 788 g/mol. The van der Waals surface area contributed by atoms with Crippen molar-refractivity contribution in [2.45, 2.75) is 83.4 Å². The number of hydrogen-bond acceptors (Lipinski definition) is 11. The number of amides is 2. The van der Waals surface area contributed by atoms with Crippen LogP contribution in [0, 0.1) is 5.41 Å². The molecule has 4 N–H and O–H groups in total. The van der Waals surface area contributed by atoms with E-state index >= 15 is 0 Å². The highest BCUT2D eigenvalue weighted by Crippen LogP contribution is 2.57. The van der Waals surface area contributed by atoms with E-state index in [2.05, 4.69) is 76.9 Å². The highest BCUT2D eigenvalue weighted by molar-refractivity contribution is 8.02. The molecule has 13 nitrogen and oxygen atoms in total. The Morgan fingerprint density at radius 1 is 1.18 bits per heavy atom. The highest BCUT2D eigenvalue weighted by atomic mass is 32.2. The molecule has 295 valence electrons. The molecule has 3 aromatic rings. The molecule has 1 aromatic carbocycles. The molecule has 4 atom stereocenters. The maximum absolute atomic E-state index is 13.9. The lowest BCUT2D eigenvalue weighted by Gasteiger charge is -2.43. The summed E-state index contributed by atoms with van der Waals surface area (Å²) in [7, 11) is 1.95. The first-order chi connectivity index (χ1) is 26.3. The van der Waals surface area contributed by atoms with E-state index in [0.717, 1.165) is 77.4 Å². The van der Waals surface area contributed by atoms with E-state index in [1.165, 1.54) is 23.7 Å². The summed E-state index contributed by atoms with van der Waals surface area (Å²) in [5, 5.41) is 10.6. The lowest BCUT2D eigenvalue weighted by Crippen LogP contribution is -2.62. The maximum atomic E-state index is 13.9. The zero-order valence-electron chi connectivity index (χ0n) is 33.1. The standard InChI is InChI=1S/C40H55N8O5SSi/c1-8-47-32-11-10-26-19-28(32)33-34(37(52-7)35-29(36(33)47)20-27(21-42-35)46-15-13-45(6)14-16-46)40(4,5)23-53-39(51)55-17-9-12-48(44-55)38(50)31(43-25(3)49)18-24(2)54-22-30(26)41/h10-11,19-22,24,31,34,37,44H,8-9,12-18,23,41H2,1-7H3,(H,43,49)/b30-22-/t24?,31-,34?,37-/m0/s1. The number of carbonyl (C=O) groups excluding carboxylic acids is 3. The fourth-order valence-corrected chi connectivity index (χ4v) is 11.2. The molecule has 2 amide bonds. The van der Waals surface area contributed by atoms with Gasteiger partial charge in [0.05, 0.1) is 29.9 Å². The summed E-state index contributed by atoms with van der Waals surface area (Å²) in [5.41, 5.74) is 13.8. The summed E-state index contributed by atoms with van der Waals surface area (Å²) in [5.74, 6) is -0.787. The maximum Gasteiger partial charge on any atom is 0.294 e. The number of aryl methyl sites for hydroxylation is 1. The van der Waals surface area contributed by atoms with Crippen LogP contribution in [0.5, 0.6) is 0 Å². The van der Waals surface area contributed by atoms with Gasteiger partial charge in [-0.05, 0) is 67.6 Å². The lowest BCUT2D eigenvalue weighted by atomic mass is 9.67. The Hall–Kier alpha value is -3.89. The van der Waals surface area contributed by atoms with Crippen LogP contribution in [0.1, 0.15) is 76.3 Å². The number of ether oxygens (including phenoxy) is 2. The Balaban J connectivity index is 1.38. The molecule has 3 aliphatic heterocycles. The van der Waals surface area contributed by atoms with Gasteiger partial charge in [0.2, 0.25) is 5.91 Å². The number of thioether (sulfide) groups is 1. The van der Waals surface area contributed by atoms with Crippen LogP contribution in [0.4, 0.5) is 10.5 Å². The monoisotopic (exact) mass is 787 g/mol. The number of hydrogen-bond donors (Lipinski definition) is 3. The van der Waals surface area contributed by atoms with Gasteiger partial charge in [0.1, 0.15) is 12.1 Å². The zero-order valence-corrected chi connectivity index (χ0v) is 34.9. The molecule has 2 saturated heterocycles. The third kappa shape index (κ3) is 7.65. The van der Waals surface area contributed by atoms with E-state index in [1.54, 1.807) is 7.11 Å². The normalized spacial score (nSPS) is 26.4. The number of rotatable bonds is 4. The molecule has 55 heavy (non-hydrogen) atoms. The number of carbonyl (C=O) groups is 3. The number of piperazine rings is 1. The number of fused-ring (bicyclic) bond motifs is 5. The van der Waals surface area contributed by atoms with E-state index in [9.17, 15) is 14.4 Å². The van der Waals surface area contributed by atoms with Gasteiger partial charge < -0.3 is 34.9 Å². The van der Waals surface area contributed by atoms with Crippen molar-refractivity contribution in [1.82, 2.24) is 29.9 Å². The quantitative estimate of drug-likeness (QED) is 0.307. The fraction of sp³-hybridized carbons (Fsp3) is 0.550. The van der Waals surface area contributed by atoms with E-state index in [1.807, 2.05) is 18.5 Å². The second-order valence-electron chi connectivity index (χ2n) is 16.0. The third-order valence-electron chi connectivity index (χ3n) is 11.6. The minimum Gasteiger partial charge on any atom is -0.468 e. The van der Waals surface area contributed by atoms with E-state index in [0.29, 0.717) is 31.1 Å². The first-order valence-electron chi connectivity index (χ1n) is 19.4. The first-order valence-corrected chi connectivity index (χ1v) is 22.1. The largest absolute Gasteiger partial charge is 0.468 e. The molecule has 4 bridgehead atoms. The number of aromatic nitrogens is 2. The molecule has 2 unspecified atom stereocenters. The number of methoxy groups -OCH3 is 1. The minimum atomic E-state index is -1.95. The second kappa shape index (κ2) is 15.9. The van der Waals surface area contributed by atoms with Gasteiger partial charge in [-0.15, -0.1) is 11.8 Å². The molecule has 0 saturated carbocycles. The average Bonchev–Trinajstić information content (AvgIpc) is 3.51. The number of nitrogens with one attached hydrogen (secondary N) is 2. The molecule has 1 aliphatic carbocycles. The minimum absolute atomic E-state index is 0.0511. The first kappa shape index (κ1) is 39.3. The summed E-state index contributed by atoms with van der Waals surface area (Å²) < 4.78 is 15.1. The summed E-state index contributed by atoms with van der Waals surface area (Å²) >= 11 is 1.53. The molecule has 7 rings (SSSR count). The van der Waals surface area contributed by atoms with Gasteiger partial charge >= 0.3 is 0 Å². The van der Waals surface area contributed by atoms with Crippen LogP contribution in [0.25, 0.3) is 27.9 Å². The number of anilines is 1. The van der Waals surface area contributed by atoms with Crippen molar-refractivity contribution in [1.29, 1.82) is 0 Å². The molecule has 2 aromatic heterocycles. The highest BCUT2D eigenvalue weighted by Gasteiger charge is 2.48. The van der Waals surface area contributed by atoms with Crippen LogP contribution in [0.3, 0.4) is 0 Å². The Morgan fingerprint density at radius 3 is 2.65 bits per heavy atom. The van der Waals surface area contributed by atoms with E-state index in [4.69, 9.17) is 20.2 Å². The van der Waals surface area contributed by atoms with Crippen molar-refractivity contribution in [2.75, 3.05) is 58.4 Å². The molecule has 5 heterocycles. The van der Waals surface area contributed by atoms with E-state index < -0.39 is 26.5 Å². The van der Waals surface area contributed by atoms with Crippen LogP contribution in [0.15, 0.2) is 35.9 Å². The third-order valence-corrected chi connectivity index (χ3v) is 14.7. The summed E-state index contributed by atoms with van der Waals surface area (Å²) in [6, 6.07) is 8.58. The van der Waals surface area contributed by atoms with Crippen molar-refractivity contribution in [2.24, 2.45) is 11.1 Å². The molecule has 0 spiro atoms. The van der Waals surface area contributed by atoms with Gasteiger partial charge in [-0.3, -0.25) is 24.4 Å². The van der Waals surface area contributed by atoms with Crippen LogP contribution in [-0.2, 0) is 25.6 Å². The summed E-state index contributed by atoms with van der Waals surface area (Å²) in [6.07, 6.45) is 2.62. The van der Waals surface area contributed by atoms with Crippen LogP contribution in [0.2, 0.25) is 6.04 Å². The number of nitrogens with zero attached hydrogens (tertiary/aromatic N) is 5. The number of cyclic esters (lactones) is 1. The van der Waals surface area contributed by atoms with Gasteiger partial charge in [0.25, 0.3) is 20.5 Å². The van der Waals surface area contributed by atoms with Crippen LogP contribution < -0.4 is 21.0 Å². The second-order valence-corrected chi connectivity index (χ2v) is 19.4. The number of nitrogens with two attached hydrogens (primary N) is 1. The molecule has 4 aliphatic rings. The zero-order chi connectivity index (χ0) is 39.2. The van der Waals surface area contributed by atoms with Crippen molar-refractivity contribution >= 4 is 60.4 Å². The number of pyridine rings is 1. The molecular formula is C40H55N8O5SSi. The smallest absolute Gasteiger partial charge is 0.294 e. The Morgan fingerprint density at radius 2 is 1.95 bits per heavy atom. The van der Waals surface area contributed by atoms with Crippen LogP contribution in [-0.4, -0.2) is 111 Å². The lowest BCUT2D eigenvalue weighted by molar-refractivity contribution is -0.138. The van der Waals surface area contributed by atoms with Gasteiger partial charge in [-0.2, -0.15) is 0 Å². The Kier molecular flexibility index (Phi) is 11.4. The van der Waals surface area contributed by atoms with Crippen molar-refractivity contribution in [3.8, 4) is 11.3 Å². The topological polar surface area (TPSA) is 147 Å². The van der Waals surface area contributed by atoms with Gasteiger partial charge in [-0.25, -0.2) is 5.09 Å². The molecular weight excluding hydrogens is 733 g/mol. The Bertz CT molecular complexity index is 1990. The van der Waals surface area contributed by atoms with E-state index in [-0.39, 0.29) is 35.2 Å². The van der Waals surface area contributed by atoms with Gasteiger partial charge in [0, 0.05) is 92.0 Å². The number of benzene rings is 1. The predicted molar refractivity (Wildman–Crippen MR) is 220 cm³/mol. The fourth-order valence-electron chi connectivity index (χ4n) is 8.70. The van der Waals surface area contributed by atoms with Crippen molar-refractivity contribution < 1.29 is 23.9 Å². The van der Waals surface area contributed by atoms with Crippen molar-refractivity contribution in [3.05, 3.63) is 52.7 Å².